The summed E-state index contributed by atoms with van der Waals surface area (Å²) in [5.41, 5.74) is 4.81. The molecule has 3 aromatic carbocycles. The minimum Gasteiger partial charge on any atom is -0.336 e. The van der Waals surface area contributed by atoms with Gasteiger partial charge in [-0.1, -0.05) is 78.3 Å². The van der Waals surface area contributed by atoms with Gasteiger partial charge in [-0.3, -0.25) is 4.79 Å². The van der Waals surface area contributed by atoms with Crippen molar-refractivity contribution in [3.8, 4) is 0 Å². The molecule has 0 aliphatic carbocycles. The van der Waals surface area contributed by atoms with Crippen molar-refractivity contribution in [3.05, 3.63) is 112 Å². The van der Waals surface area contributed by atoms with E-state index in [1.54, 1.807) is 0 Å². The predicted octanol–water partition coefficient (Wildman–Crippen LogP) is 5.37. The van der Waals surface area contributed by atoms with E-state index in [0.29, 0.717) is 24.5 Å². The first kappa shape index (κ1) is 22.6. The molecule has 1 aliphatic rings. The molecular weight excluding hydrogens is 464 g/mol. The highest BCUT2D eigenvalue weighted by atomic mass is 35.5. The molecule has 5 nitrogen and oxygen atoms in total. The van der Waals surface area contributed by atoms with Gasteiger partial charge in [0.1, 0.15) is 5.82 Å². The molecule has 0 N–H and O–H groups in total. The van der Waals surface area contributed by atoms with Crippen LogP contribution in [0.25, 0.3) is 0 Å². The normalized spacial score (nSPS) is 12.9. The molecule has 0 spiro atoms. The molecule has 0 atom stereocenters. The Morgan fingerprint density at radius 1 is 0.941 bits per heavy atom. The highest BCUT2D eigenvalue weighted by molar-refractivity contribution is 7.09. The van der Waals surface area contributed by atoms with Crippen LogP contribution in [0.15, 0.2) is 78.9 Å². The van der Waals surface area contributed by atoms with Gasteiger partial charge in [0, 0.05) is 42.6 Å². The van der Waals surface area contributed by atoms with Crippen LogP contribution in [-0.2, 0) is 30.7 Å². The van der Waals surface area contributed by atoms with Crippen molar-refractivity contribution in [1.29, 1.82) is 0 Å². The number of halogens is 1. The molecule has 5 rings (SSSR count). The van der Waals surface area contributed by atoms with Gasteiger partial charge in [-0.25, -0.2) is 4.98 Å². The zero-order valence-electron chi connectivity index (χ0n) is 18.7. The highest BCUT2D eigenvalue weighted by Crippen LogP contribution is 2.23. The van der Waals surface area contributed by atoms with Crippen molar-refractivity contribution in [1.82, 2.24) is 14.3 Å². The topological polar surface area (TPSA) is 49.3 Å². The third-order valence-corrected chi connectivity index (χ3v) is 7.10. The number of carbonyl (C=O) groups is 1. The Morgan fingerprint density at radius 2 is 1.68 bits per heavy atom. The van der Waals surface area contributed by atoms with Crippen LogP contribution in [0.4, 0.5) is 5.13 Å². The Kier molecular flexibility index (Phi) is 6.88. The van der Waals surface area contributed by atoms with Gasteiger partial charge in [-0.2, -0.15) is 4.37 Å². The van der Waals surface area contributed by atoms with E-state index in [1.807, 2.05) is 58.3 Å². The summed E-state index contributed by atoms with van der Waals surface area (Å²) in [6.07, 6.45) is 1.52. The number of amides is 1. The number of hydrogen-bond acceptors (Lipinski definition) is 5. The number of fused-ring (bicyclic) bond motifs is 1. The lowest BCUT2D eigenvalue weighted by molar-refractivity contribution is -0.130. The van der Waals surface area contributed by atoms with Crippen LogP contribution < -0.4 is 4.90 Å². The minimum atomic E-state index is 0.111. The second-order valence-electron chi connectivity index (χ2n) is 8.47. The molecular formula is C27H25ClN4OS. The van der Waals surface area contributed by atoms with E-state index < -0.39 is 0 Å². The first-order chi connectivity index (χ1) is 16.6. The standard InChI is InChI=1S/C27H25ClN4OS/c28-24-12-10-20(11-13-24)16-25-29-27(34-30-25)32(17-21-6-2-1-3-7-21)19-26(33)31-15-14-22-8-4-5-9-23(22)18-31/h1-13H,14-19H2. The number of nitrogens with zero attached hydrogens (tertiary/aromatic N) is 4. The fourth-order valence-corrected chi connectivity index (χ4v) is 5.01. The lowest BCUT2D eigenvalue weighted by atomic mass is 10.00. The average molecular weight is 489 g/mol. The molecule has 34 heavy (non-hydrogen) atoms. The van der Waals surface area contributed by atoms with E-state index in [2.05, 4.69) is 34.7 Å². The predicted molar refractivity (Wildman–Crippen MR) is 137 cm³/mol. The van der Waals surface area contributed by atoms with Crippen molar-refractivity contribution in [2.45, 2.75) is 25.9 Å². The molecule has 2 heterocycles. The summed E-state index contributed by atoms with van der Waals surface area (Å²) in [6.45, 7) is 2.28. The number of benzene rings is 3. The maximum atomic E-state index is 13.3. The quantitative estimate of drug-likeness (QED) is 0.350. The van der Waals surface area contributed by atoms with E-state index in [-0.39, 0.29) is 12.5 Å². The third-order valence-electron chi connectivity index (χ3n) is 6.03. The first-order valence-corrected chi connectivity index (χ1v) is 12.5. The molecule has 0 radical (unpaired) electrons. The van der Waals surface area contributed by atoms with Crippen LogP contribution in [0.1, 0.15) is 28.1 Å². The van der Waals surface area contributed by atoms with Crippen molar-refractivity contribution in [2.75, 3.05) is 18.0 Å². The third kappa shape index (κ3) is 5.46. The Labute approximate surface area is 208 Å². The van der Waals surface area contributed by atoms with Gasteiger partial charge in [0.25, 0.3) is 0 Å². The minimum absolute atomic E-state index is 0.111. The van der Waals surface area contributed by atoms with Crippen molar-refractivity contribution in [3.63, 3.8) is 0 Å². The van der Waals surface area contributed by atoms with Gasteiger partial charge in [-0.15, -0.1) is 0 Å². The monoisotopic (exact) mass is 488 g/mol. The van der Waals surface area contributed by atoms with Crippen LogP contribution in [0, 0.1) is 0 Å². The zero-order valence-corrected chi connectivity index (χ0v) is 20.3. The molecule has 1 aliphatic heterocycles. The van der Waals surface area contributed by atoms with Crippen LogP contribution >= 0.6 is 23.1 Å². The van der Waals surface area contributed by atoms with Crippen LogP contribution in [-0.4, -0.2) is 33.3 Å². The van der Waals surface area contributed by atoms with Crippen LogP contribution in [0.2, 0.25) is 5.02 Å². The van der Waals surface area contributed by atoms with E-state index >= 15 is 0 Å². The molecule has 1 amide bonds. The molecule has 7 heteroatoms. The molecule has 1 aromatic heterocycles. The van der Waals surface area contributed by atoms with E-state index in [9.17, 15) is 4.79 Å². The summed E-state index contributed by atoms with van der Waals surface area (Å²) in [5, 5.41) is 1.47. The lowest BCUT2D eigenvalue weighted by Crippen LogP contribution is -2.42. The number of rotatable bonds is 7. The second kappa shape index (κ2) is 10.4. The molecule has 0 fully saturated rings. The number of carbonyl (C=O) groups excluding carboxylic acids is 1. The Balaban J connectivity index is 1.33. The smallest absolute Gasteiger partial charge is 0.242 e. The maximum absolute atomic E-state index is 13.3. The van der Waals surface area contributed by atoms with Crippen molar-refractivity contribution < 1.29 is 4.79 Å². The Morgan fingerprint density at radius 3 is 2.47 bits per heavy atom. The summed E-state index contributed by atoms with van der Waals surface area (Å²) in [4.78, 5) is 22.1. The second-order valence-corrected chi connectivity index (χ2v) is 9.64. The molecule has 0 unspecified atom stereocenters. The van der Waals surface area contributed by atoms with Gasteiger partial charge >= 0.3 is 0 Å². The largest absolute Gasteiger partial charge is 0.336 e. The molecule has 4 aromatic rings. The Bertz CT molecular complexity index is 1260. The SMILES string of the molecule is O=C(CN(Cc1ccccc1)c1nc(Cc2ccc(Cl)cc2)ns1)N1CCc2ccccc2C1. The summed E-state index contributed by atoms with van der Waals surface area (Å²) in [6, 6.07) is 26.3. The molecule has 0 bridgehead atoms. The van der Waals surface area contributed by atoms with Gasteiger partial charge in [0.15, 0.2) is 0 Å². The molecule has 0 saturated carbocycles. The van der Waals surface area contributed by atoms with Crippen molar-refractivity contribution in [2.24, 2.45) is 0 Å². The first-order valence-electron chi connectivity index (χ1n) is 11.3. The Hall–Kier alpha value is -3.22. The summed E-state index contributed by atoms with van der Waals surface area (Å²) in [5.74, 6) is 0.861. The fraction of sp³-hybridized carbons (Fsp3) is 0.222. The van der Waals surface area contributed by atoms with Crippen LogP contribution in [0.3, 0.4) is 0 Å². The molecule has 172 valence electrons. The van der Waals surface area contributed by atoms with Gasteiger partial charge in [0.05, 0.1) is 6.54 Å². The van der Waals surface area contributed by atoms with E-state index in [4.69, 9.17) is 16.6 Å². The van der Waals surface area contributed by atoms with Crippen molar-refractivity contribution >= 4 is 34.2 Å². The molecule has 0 saturated heterocycles. The van der Waals surface area contributed by atoms with Gasteiger partial charge in [-0.05, 0) is 40.8 Å². The number of hydrogen-bond donors (Lipinski definition) is 0. The van der Waals surface area contributed by atoms with Crippen LogP contribution in [0.5, 0.6) is 0 Å². The maximum Gasteiger partial charge on any atom is 0.242 e. The summed E-state index contributed by atoms with van der Waals surface area (Å²) >= 11 is 7.35. The van der Waals surface area contributed by atoms with Gasteiger partial charge in [0.2, 0.25) is 11.0 Å². The summed E-state index contributed by atoms with van der Waals surface area (Å²) < 4.78 is 4.58. The van der Waals surface area contributed by atoms with E-state index in [1.165, 1.54) is 22.7 Å². The lowest BCUT2D eigenvalue weighted by Gasteiger charge is -2.31. The average Bonchev–Trinajstić information content (AvgIpc) is 3.34. The zero-order chi connectivity index (χ0) is 23.3. The number of anilines is 1. The summed E-state index contributed by atoms with van der Waals surface area (Å²) in [7, 11) is 0. The fourth-order valence-electron chi connectivity index (χ4n) is 4.20. The highest BCUT2D eigenvalue weighted by Gasteiger charge is 2.24. The van der Waals surface area contributed by atoms with Gasteiger partial charge < -0.3 is 9.80 Å². The van der Waals surface area contributed by atoms with E-state index in [0.717, 1.165) is 35.0 Å². The number of aromatic nitrogens is 2.